The van der Waals surface area contributed by atoms with E-state index in [1.54, 1.807) is 12.1 Å². The van der Waals surface area contributed by atoms with Crippen LogP contribution in [0.2, 0.25) is 0 Å². The number of hydrogen-bond acceptors (Lipinski definition) is 3. The molecule has 4 nitrogen and oxygen atoms in total. The second-order valence-electron chi connectivity index (χ2n) is 4.80. The molecule has 0 unspecified atom stereocenters. The molecule has 1 fully saturated rings. The van der Waals surface area contributed by atoms with E-state index in [1.165, 1.54) is 0 Å². The van der Waals surface area contributed by atoms with E-state index in [4.69, 9.17) is 4.74 Å². The maximum absolute atomic E-state index is 11.5. The van der Waals surface area contributed by atoms with Crippen molar-refractivity contribution in [3.05, 3.63) is 36.4 Å². The highest BCUT2D eigenvalue weighted by Gasteiger charge is 2.23. The van der Waals surface area contributed by atoms with Gasteiger partial charge in [-0.15, -0.1) is 0 Å². The summed E-state index contributed by atoms with van der Waals surface area (Å²) in [5.41, 5.74) is 0. The molecule has 2 aromatic carbocycles. The largest absolute Gasteiger partial charge is 0.504 e. The minimum Gasteiger partial charge on any atom is -0.504 e. The van der Waals surface area contributed by atoms with Crippen molar-refractivity contribution in [1.82, 2.24) is 5.32 Å². The third-order valence-corrected chi connectivity index (χ3v) is 3.13. The highest BCUT2D eigenvalue weighted by molar-refractivity contribution is 5.86. The maximum atomic E-state index is 11.5. The lowest BCUT2D eigenvalue weighted by molar-refractivity contribution is -0.123. The van der Waals surface area contributed by atoms with E-state index >= 15 is 0 Å². The Morgan fingerprint density at radius 2 is 1.95 bits per heavy atom. The second-order valence-corrected chi connectivity index (χ2v) is 4.80. The zero-order valence-electron chi connectivity index (χ0n) is 10.4. The number of phenolic OH excluding ortho intramolecular Hbond substituents is 1. The first kappa shape index (κ1) is 11.8. The number of phenols is 1. The number of carbonyl (C=O) groups is 1. The van der Waals surface area contributed by atoms with Crippen molar-refractivity contribution >= 4 is 16.7 Å². The van der Waals surface area contributed by atoms with Gasteiger partial charge < -0.3 is 15.2 Å². The van der Waals surface area contributed by atoms with E-state index in [0.29, 0.717) is 11.8 Å². The predicted molar refractivity (Wildman–Crippen MR) is 72.3 cm³/mol. The molecule has 1 aliphatic carbocycles. The molecular weight excluding hydrogens is 242 g/mol. The SMILES string of the molecule is O=C(COc1cc2ccccc2cc1O)NC1CC1. The topological polar surface area (TPSA) is 58.6 Å². The minimum absolute atomic E-state index is 0.0536. The van der Waals surface area contributed by atoms with Crippen LogP contribution in [0.5, 0.6) is 11.5 Å². The van der Waals surface area contributed by atoms with E-state index < -0.39 is 0 Å². The van der Waals surface area contributed by atoms with Crippen molar-refractivity contribution in [3.8, 4) is 11.5 Å². The van der Waals surface area contributed by atoms with Crippen LogP contribution in [-0.4, -0.2) is 23.7 Å². The predicted octanol–water partition coefficient (Wildman–Crippen LogP) is 2.20. The number of fused-ring (bicyclic) bond motifs is 1. The van der Waals surface area contributed by atoms with Gasteiger partial charge in [0.25, 0.3) is 5.91 Å². The zero-order chi connectivity index (χ0) is 13.2. The van der Waals surface area contributed by atoms with Crippen LogP contribution in [0.25, 0.3) is 10.8 Å². The van der Waals surface area contributed by atoms with E-state index in [0.717, 1.165) is 23.6 Å². The molecule has 2 aromatic rings. The molecule has 2 N–H and O–H groups in total. The van der Waals surface area contributed by atoms with Crippen molar-refractivity contribution in [2.75, 3.05) is 6.61 Å². The van der Waals surface area contributed by atoms with Gasteiger partial charge in [0.1, 0.15) is 0 Å². The summed E-state index contributed by atoms with van der Waals surface area (Å²) in [5.74, 6) is 0.248. The number of benzene rings is 2. The summed E-state index contributed by atoms with van der Waals surface area (Å²) in [4.78, 5) is 11.5. The number of amides is 1. The highest BCUT2D eigenvalue weighted by Crippen LogP contribution is 2.31. The molecule has 0 spiro atoms. The van der Waals surface area contributed by atoms with Crippen LogP contribution in [0.3, 0.4) is 0 Å². The summed E-state index contributed by atoms with van der Waals surface area (Å²) in [7, 11) is 0. The van der Waals surface area contributed by atoms with E-state index in [9.17, 15) is 9.90 Å². The minimum atomic E-state index is -0.143. The average molecular weight is 257 g/mol. The van der Waals surface area contributed by atoms with Crippen LogP contribution in [0, 0.1) is 0 Å². The fourth-order valence-electron chi connectivity index (χ4n) is 1.96. The van der Waals surface area contributed by atoms with Crippen LogP contribution in [-0.2, 0) is 4.79 Å². The van der Waals surface area contributed by atoms with Gasteiger partial charge in [0.15, 0.2) is 18.1 Å². The van der Waals surface area contributed by atoms with Crippen LogP contribution >= 0.6 is 0 Å². The number of carbonyl (C=O) groups excluding carboxylic acids is 1. The summed E-state index contributed by atoms with van der Waals surface area (Å²) >= 11 is 0. The van der Waals surface area contributed by atoms with Crippen LogP contribution in [0.4, 0.5) is 0 Å². The van der Waals surface area contributed by atoms with Gasteiger partial charge >= 0.3 is 0 Å². The fourth-order valence-corrected chi connectivity index (χ4v) is 1.96. The molecular formula is C15H15NO3. The standard InChI is InChI=1S/C15H15NO3/c17-13-7-10-3-1-2-4-11(10)8-14(13)19-9-15(18)16-12-5-6-12/h1-4,7-8,12,17H,5-6,9H2,(H,16,18). The van der Waals surface area contributed by atoms with E-state index in [-0.39, 0.29) is 18.3 Å². The van der Waals surface area contributed by atoms with Gasteiger partial charge in [0.05, 0.1) is 0 Å². The Morgan fingerprint density at radius 1 is 1.26 bits per heavy atom. The third kappa shape index (κ3) is 2.78. The molecule has 1 aliphatic rings. The Balaban J connectivity index is 1.72. The van der Waals surface area contributed by atoms with Gasteiger partial charge in [0, 0.05) is 6.04 Å². The molecule has 0 bridgehead atoms. The lowest BCUT2D eigenvalue weighted by atomic mass is 10.1. The second kappa shape index (κ2) is 4.80. The van der Waals surface area contributed by atoms with Gasteiger partial charge in [0.2, 0.25) is 0 Å². The molecule has 98 valence electrons. The molecule has 4 heteroatoms. The van der Waals surface area contributed by atoms with E-state index in [1.807, 2.05) is 24.3 Å². The number of nitrogens with one attached hydrogen (secondary N) is 1. The molecule has 0 radical (unpaired) electrons. The van der Waals surface area contributed by atoms with Crippen molar-refractivity contribution in [3.63, 3.8) is 0 Å². The maximum Gasteiger partial charge on any atom is 0.258 e. The molecule has 19 heavy (non-hydrogen) atoms. The quantitative estimate of drug-likeness (QED) is 0.882. The smallest absolute Gasteiger partial charge is 0.258 e. The monoisotopic (exact) mass is 257 g/mol. The van der Waals surface area contributed by atoms with Crippen molar-refractivity contribution in [1.29, 1.82) is 0 Å². The molecule has 1 saturated carbocycles. The van der Waals surface area contributed by atoms with Crippen LogP contribution < -0.4 is 10.1 Å². The molecule has 0 aliphatic heterocycles. The molecule has 0 saturated heterocycles. The zero-order valence-corrected chi connectivity index (χ0v) is 10.4. The number of rotatable bonds is 4. The Bertz CT molecular complexity index is 620. The molecule has 0 aromatic heterocycles. The summed E-state index contributed by atoms with van der Waals surface area (Å²) in [6, 6.07) is 11.4. The van der Waals surface area contributed by atoms with Gasteiger partial charge in [-0.3, -0.25) is 4.79 Å². The van der Waals surface area contributed by atoms with E-state index in [2.05, 4.69) is 5.32 Å². The Kier molecular flexibility index (Phi) is 2.99. The lowest BCUT2D eigenvalue weighted by Crippen LogP contribution is -2.30. The summed E-state index contributed by atoms with van der Waals surface area (Å²) in [5, 5.41) is 14.6. The fraction of sp³-hybridized carbons (Fsp3) is 0.267. The summed E-state index contributed by atoms with van der Waals surface area (Å²) < 4.78 is 5.37. The summed E-state index contributed by atoms with van der Waals surface area (Å²) in [6.45, 7) is -0.0671. The first-order valence-electron chi connectivity index (χ1n) is 6.36. The Morgan fingerprint density at radius 3 is 2.63 bits per heavy atom. The molecule has 0 atom stereocenters. The highest BCUT2D eigenvalue weighted by atomic mass is 16.5. The lowest BCUT2D eigenvalue weighted by Gasteiger charge is -2.09. The van der Waals surface area contributed by atoms with Gasteiger partial charge in [-0.1, -0.05) is 24.3 Å². The molecule has 3 rings (SSSR count). The average Bonchev–Trinajstić information content (AvgIpc) is 3.20. The third-order valence-electron chi connectivity index (χ3n) is 3.13. The van der Waals surface area contributed by atoms with Gasteiger partial charge in [-0.05, 0) is 35.7 Å². The van der Waals surface area contributed by atoms with Crippen molar-refractivity contribution in [2.24, 2.45) is 0 Å². The van der Waals surface area contributed by atoms with Crippen molar-refractivity contribution in [2.45, 2.75) is 18.9 Å². The summed E-state index contributed by atoms with van der Waals surface area (Å²) in [6.07, 6.45) is 2.10. The van der Waals surface area contributed by atoms with Crippen molar-refractivity contribution < 1.29 is 14.6 Å². The number of aromatic hydroxyl groups is 1. The molecule has 1 amide bonds. The van der Waals surface area contributed by atoms with Crippen LogP contribution in [0.1, 0.15) is 12.8 Å². The molecule has 0 heterocycles. The Labute approximate surface area is 111 Å². The normalized spacial score (nSPS) is 14.3. The van der Waals surface area contributed by atoms with Crippen LogP contribution in [0.15, 0.2) is 36.4 Å². The number of ether oxygens (including phenoxy) is 1. The first-order chi connectivity index (χ1) is 9.22. The first-order valence-corrected chi connectivity index (χ1v) is 6.36. The Hall–Kier alpha value is -2.23. The van der Waals surface area contributed by atoms with Gasteiger partial charge in [-0.25, -0.2) is 0 Å². The van der Waals surface area contributed by atoms with Gasteiger partial charge in [-0.2, -0.15) is 0 Å². The number of hydrogen-bond donors (Lipinski definition) is 2.